The smallest absolute Gasteiger partial charge is 0.346 e. The van der Waals surface area contributed by atoms with E-state index in [1.54, 1.807) is 18.2 Å². The summed E-state index contributed by atoms with van der Waals surface area (Å²) in [5.41, 5.74) is 1.47. The molecule has 0 saturated heterocycles. The van der Waals surface area contributed by atoms with E-state index in [1.165, 1.54) is 0 Å². The molecule has 3 rings (SSSR count). The molecular formula is C12H6O3S2. The van der Waals surface area contributed by atoms with Gasteiger partial charge in [0.1, 0.15) is 0 Å². The van der Waals surface area contributed by atoms with Crippen molar-refractivity contribution in [2.45, 2.75) is 6.42 Å². The first-order chi connectivity index (χ1) is 8.09. The summed E-state index contributed by atoms with van der Waals surface area (Å²) >= 11 is 10.5. The standard InChI is InChI=1S/C12H6O3S2/c13-11-5-1-3-7(16)10-8(17)4-2-6(9(5)10)12(14)15-11/h1-3,10H,4H2/t10-/m0/s1. The molecule has 0 radical (unpaired) electrons. The van der Waals surface area contributed by atoms with Gasteiger partial charge in [0, 0.05) is 9.73 Å². The van der Waals surface area contributed by atoms with Crippen LogP contribution in [0.2, 0.25) is 0 Å². The van der Waals surface area contributed by atoms with E-state index in [4.69, 9.17) is 24.4 Å². The van der Waals surface area contributed by atoms with Crippen LogP contribution in [0.25, 0.3) is 0 Å². The number of thiocarbonyl (C=S) groups is 2. The van der Waals surface area contributed by atoms with Crippen molar-refractivity contribution in [3.8, 4) is 0 Å². The van der Waals surface area contributed by atoms with Crippen molar-refractivity contribution in [2.75, 3.05) is 0 Å². The molecule has 2 aliphatic carbocycles. The third kappa shape index (κ3) is 1.39. The molecule has 0 amide bonds. The van der Waals surface area contributed by atoms with Crippen molar-refractivity contribution in [3.63, 3.8) is 0 Å². The second-order valence-corrected chi connectivity index (χ2v) is 4.96. The van der Waals surface area contributed by atoms with Crippen molar-refractivity contribution in [3.05, 3.63) is 34.9 Å². The van der Waals surface area contributed by atoms with E-state index in [0.717, 1.165) is 4.86 Å². The molecule has 1 heterocycles. The second-order valence-electron chi connectivity index (χ2n) is 3.96. The summed E-state index contributed by atoms with van der Waals surface area (Å²) in [6.07, 6.45) is 5.52. The lowest BCUT2D eigenvalue weighted by atomic mass is 9.75. The van der Waals surface area contributed by atoms with E-state index in [0.29, 0.717) is 28.0 Å². The molecule has 3 nitrogen and oxygen atoms in total. The average Bonchev–Trinajstić information content (AvgIpc) is 2.28. The third-order valence-electron chi connectivity index (χ3n) is 3.02. The van der Waals surface area contributed by atoms with Crippen LogP contribution in [-0.4, -0.2) is 21.7 Å². The maximum atomic E-state index is 11.6. The Morgan fingerprint density at radius 3 is 2.71 bits per heavy atom. The normalized spacial score (nSPS) is 26.8. The minimum atomic E-state index is -0.615. The van der Waals surface area contributed by atoms with Gasteiger partial charge < -0.3 is 4.74 Å². The summed E-state index contributed by atoms with van der Waals surface area (Å²) in [5.74, 6) is -1.48. The van der Waals surface area contributed by atoms with Gasteiger partial charge in [-0.15, -0.1) is 0 Å². The highest BCUT2D eigenvalue weighted by Crippen LogP contribution is 2.39. The van der Waals surface area contributed by atoms with Crippen molar-refractivity contribution >= 4 is 46.1 Å². The Hall–Kier alpha value is -1.46. The van der Waals surface area contributed by atoms with Crippen LogP contribution < -0.4 is 0 Å². The Labute approximate surface area is 108 Å². The fourth-order valence-electron chi connectivity index (χ4n) is 2.27. The van der Waals surface area contributed by atoms with E-state index < -0.39 is 11.9 Å². The summed E-state index contributed by atoms with van der Waals surface area (Å²) < 4.78 is 4.67. The van der Waals surface area contributed by atoms with E-state index >= 15 is 0 Å². The molecule has 0 bridgehead atoms. The van der Waals surface area contributed by atoms with Crippen molar-refractivity contribution < 1.29 is 14.3 Å². The van der Waals surface area contributed by atoms with Gasteiger partial charge >= 0.3 is 11.9 Å². The molecule has 1 atom stereocenters. The Bertz CT molecular complexity index is 593. The number of ether oxygens (including phenoxy) is 1. The monoisotopic (exact) mass is 262 g/mol. The number of carbonyl (C=O) groups is 2. The quantitative estimate of drug-likeness (QED) is 0.377. The lowest BCUT2D eigenvalue weighted by molar-refractivity contribution is -0.154. The number of hydrogen-bond donors (Lipinski definition) is 0. The first-order valence-electron chi connectivity index (χ1n) is 5.05. The third-order valence-corrected chi connectivity index (χ3v) is 3.80. The molecule has 17 heavy (non-hydrogen) atoms. The SMILES string of the molecule is O=C1OC(=O)C2=C3C1=CCC(=S)[C@@H]3C(=S)C=C2. The molecule has 3 aliphatic rings. The average molecular weight is 262 g/mol. The summed E-state index contributed by atoms with van der Waals surface area (Å²) in [4.78, 5) is 24.6. The Morgan fingerprint density at radius 1 is 1.18 bits per heavy atom. The molecule has 0 spiro atoms. The maximum Gasteiger partial charge on any atom is 0.346 e. The predicted octanol–water partition coefficient (Wildman–Crippen LogP) is 1.62. The van der Waals surface area contributed by atoms with Gasteiger partial charge in [-0.25, -0.2) is 9.59 Å². The minimum absolute atomic E-state index is 0.267. The van der Waals surface area contributed by atoms with Crippen LogP contribution in [0.15, 0.2) is 34.9 Å². The molecule has 0 aromatic rings. The topological polar surface area (TPSA) is 43.4 Å². The van der Waals surface area contributed by atoms with Crippen LogP contribution >= 0.6 is 24.4 Å². The molecule has 0 aromatic carbocycles. The first-order valence-corrected chi connectivity index (χ1v) is 5.87. The maximum absolute atomic E-state index is 11.6. The molecule has 0 saturated carbocycles. The number of carbonyl (C=O) groups excluding carboxylic acids is 2. The zero-order valence-electron chi connectivity index (χ0n) is 8.56. The van der Waals surface area contributed by atoms with Gasteiger partial charge in [0.25, 0.3) is 0 Å². The van der Waals surface area contributed by atoms with Gasteiger partial charge in [0.05, 0.1) is 17.1 Å². The summed E-state index contributed by atoms with van der Waals surface area (Å²) in [7, 11) is 0. The number of esters is 2. The lowest BCUT2D eigenvalue weighted by Crippen LogP contribution is -2.37. The van der Waals surface area contributed by atoms with Gasteiger partial charge in [-0.05, 0) is 24.1 Å². The zero-order valence-corrected chi connectivity index (χ0v) is 10.2. The fourth-order valence-corrected chi connectivity index (χ4v) is 3.00. The van der Waals surface area contributed by atoms with Crippen LogP contribution in [0, 0.1) is 5.92 Å². The number of allylic oxidation sites excluding steroid dienone is 2. The summed E-state index contributed by atoms with van der Waals surface area (Å²) in [6.45, 7) is 0. The second kappa shape index (κ2) is 3.51. The van der Waals surface area contributed by atoms with Crippen molar-refractivity contribution in [1.29, 1.82) is 0 Å². The minimum Gasteiger partial charge on any atom is -0.386 e. The Balaban J connectivity index is 2.31. The van der Waals surface area contributed by atoms with Crippen LogP contribution in [-0.2, 0) is 14.3 Å². The molecule has 84 valence electrons. The largest absolute Gasteiger partial charge is 0.386 e. The fraction of sp³-hybridized carbons (Fsp3) is 0.167. The highest BCUT2D eigenvalue weighted by atomic mass is 32.1. The van der Waals surface area contributed by atoms with Gasteiger partial charge in [-0.1, -0.05) is 30.5 Å². The Kier molecular flexibility index (Phi) is 2.21. The van der Waals surface area contributed by atoms with Gasteiger partial charge in [0.2, 0.25) is 0 Å². The van der Waals surface area contributed by atoms with E-state index in [9.17, 15) is 9.59 Å². The molecule has 0 unspecified atom stereocenters. The number of cyclic esters (lactones) is 2. The van der Waals surface area contributed by atoms with Crippen LogP contribution in [0.4, 0.5) is 0 Å². The predicted molar refractivity (Wildman–Crippen MR) is 68.7 cm³/mol. The number of rotatable bonds is 0. The lowest BCUT2D eigenvalue weighted by Gasteiger charge is -2.32. The molecule has 0 aromatic heterocycles. The van der Waals surface area contributed by atoms with Gasteiger partial charge in [-0.3, -0.25) is 0 Å². The van der Waals surface area contributed by atoms with Crippen molar-refractivity contribution in [2.24, 2.45) is 5.92 Å². The highest BCUT2D eigenvalue weighted by molar-refractivity contribution is 7.82. The van der Waals surface area contributed by atoms with Crippen LogP contribution in [0.5, 0.6) is 0 Å². The zero-order chi connectivity index (χ0) is 12.2. The first kappa shape index (κ1) is 10.7. The molecule has 0 N–H and O–H groups in total. The van der Waals surface area contributed by atoms with Crippen molar-refractivity contribution in [1.82, 2.24) is 0 Å². The van der Waals surface area contributed by atoms with E-state index in [1.807, 2.05) is 0 Å². The molecular weight excluding hydrogens is 256 g/mol. The van der Waals surface area contributed by atoms with Crippen LogP contribution in [0.1, 0.15) is 6.42 Å². The molecule has 1 aliphatic heterocycles. The van der Waals surface area contributed by atoms with E-state index in [2.05, 4.69) is 4.74 Å². The highest BCUT2D eigenvalue weighted by Gasteiger charge is 2.41. The summed E-state index contributed by atoms with van der Waals surface area (Å²) in [6, 6.07) is 0. The molecule has 0 fully saturated rings. The Morgan fingerprint density at radius 2 is 1.94 bits per heavy atom. The molecule has 5 heteroatoms. The van der Waals surface area contributed by atoms with E-state index in [-0.39, 0.29) is 5.92 Å². The van der Waals surface area contributed by atoms with Gasteiger partial charge in [-0.2, -0.15) is 0 Å². The number of hydrogen-bond acceptors (Lipinski definition) is 5. The van der Waals surface area contributed by atoms with Gasteiger partial charge in [0.15, 0.2) is 0 Å². The summed E-state index contributed by atoms with van der Waals surface area (Å²) in [5, 5.41) is 0. The van der Waals surface area contributed by atoms with Crippen LogP contribution in [0.3, 0.4) is 0 Å².